The molecule has 1 saturated heterocycles. The second-order valence-electron chi connectivity index (χ2n) is 6.78. The van der Waals surface area contributed by atoms with Crippen molar-refractivity contribution >= 4 is 17.2 Å². The summed E-state index contributed by atoms with van der Waals surface area (Å²) in [4.78, 5) is 15.5. The molecule has 1 aliphatic heterocycles. The number of rotatable bonds is 8. The Morgan fingerprint density at radius 2 is 2.04 bits per heavy atom. The van der Waals surface area contributed by atoms with Gasteiger partial charge in [-0.1, -0.05) is 25.1 Å². The zero-order valence-corrected chi connectivity index (χ0v) is 16.5. The lowest BCUT2D eigenvalue weighted by atomic mass is 10.0. The van der Waals surface area contributed by atoms with Crippen molar-refractivity contribution in [2.45, 2.75) is 45.7 Å². The topological polar surface area (TPSA) is 41.6 Å². The number of nitrogens with zero attached hydrogens (tertiary/aromatic N) is 1. The summed E-state index contributed by atoms with van der Waals surface area (Å²) in [5.74, 6) is 0.898. The first-order chi connectivity index (χ1) is 12.7. The SMILES string of the molecule is CCC(NCc1sccc1C)c1ccccc1OCC(=O)N1CCCC1. The highest BCUT2D eigenvalue weighted by Crippen LogP contribution is 2.28. The molecule has 3 rings (SSSR count). The quantitative estimate of drug-likeness (QED) is 0.751. The Kier molecular flexibility index (Phi) is 6.69. The average Bonchev–Trinajstić information content (AvgIpc) is 3.33. The minimum absolute atomic E-state index is 0.0903. The van der Waals surface area contributed by atoms with Gasteiger partial charge in [0, 0.05) is 36.1 Å². The Morgan fingerprint density at radius 1 is 1.27 bits per heavy atom. The van der Waals surface area contributed by atoms with Crippen molar-refractivity contribution in [1.29, 1.82) is 0 Å². The molecule has 2 heterocycles. The number of likely N-dealkylation sites (tertiary alicyclic amines) is 1. The summed E-state index contributed by atoms with van der Waals surface area (Å²) < 4.78 is 5.93. The molecule has 1 amide bonds. The van der Waals surface area contributed by atoms with Crippen LogP contribution in [0.25, 0.3) is 0 Å². The van der Waals surface area contributed by atoms with Crippen LogP contribution in [0.5, 0.6) is 5.75 Å². The molecule has 0 saturated carbocycles. The van der Waals surface area contributed by atoms with Crippen LogP contribution in [0, 0.1) is 6.92 Å². The van der Waals surface area contributed by atoms with Gasteiger partial charge < -0.3 is 15.0 Å². The smallest absolute Gasteiger partial charge is 0.260 e. The monoisotopic (exact) mass is 372 g/mol. The average molecular weight is 373 g/mol. The standard InChI is InChI=1S/C21H28N2O2S/c1-3-18(22-14-20-16(2)10-13-26-20)17-8-4-5-9-19(17)25-15-21(24)23-11-6-7-12-23/h4-5,8-10,13,18,22H,3,6-7,11-12,14-15H2,1-2H3. The van der Waals surface area contributed by atoms with Crippen LogP contribution in [0.1, 0.15) is 48.2 Å². The normalized spacial score (nSPS) is 15.2. The van der Waals surface area contributed by atoms with Gasteiger partial charge in [-0.25, -0.2) is 0 Å². The number of aryl methyl sites for hydroxylation is 1. The molecule has 1 unspecified atom stereocenters. The van der Waals surface area contributed by atoms with Crippen LogP contribution in [0.3, 0.4) is 0 Å². The Hall–Kier alpha value is -1.85. The van der Waals surface area contributed by atoms with Crippen molar-refractivity contribution in [2.24, 2.45) is 0 Å². The van der Waals surface area contributed by atoms with Crippen LogP contribution >= 0.6 is 11.3 Å². The van der Waals surface area contributed by atoms with Crippen LogP contribution in [0.15, 0.2) is 35.7 Å². The predicted octanol–water partition coefficient (Wildman–Crippen LogP) is 4.30. The van der Waals surface area contributed by atoms with Gasteiger partial charge in [0.2, 0.25) is 0 Å². The zero-order valence-electron chi connectivity index (χ0n) is 15.7. The summed E-state index contributed by atoms with van der Waals surface area (Å²) in [7, 11) is 0. The van der Waals surface area contributed by atoms with Crippen molar-refractivity contribution in [3.05, 3.63) is 51.7 Å². The van der Waals surface area contributed by atoms with Crippen molar-refractivity contribution in [1.82, 2.24) is 10.2 Å². The van der Waals surface area contributed by atoms with Gasteiger partial charge in [0.15, 0.2) is 6.61 Å². The molecule has 2 aromatic rings. The number of para-hydroxylation sites is 1. The van der Waals surface area contributed by atoms with E-state index in [0.717, 1.165) is 50.2 Å². The number of ether oxygens (including phenoxy) is 1. The summed E-state index contributed by atoms with van der Waals surface area (Å²) in [6.07, 6.45) is 3.17. The van der Waals surface area contributed by atoms with Gasteiger partial charge in [-0.2, -0.15) is 0 Å². The first-order valence-corrected chi connectivity index (χ1v) is 10.3. The molecule has 0 spiro atoms. The van der Waals surface area contributed by atoms with Crippen molar-refractivity contribution in [3.8, 4) is 5.75 Å². The van der Waals surface area contributed by atoms with E-state index in [1.165, 1.54) is 10.4 Å². The molecule has 26 heavy (non-hydrogen) atoms. The minimum Gasteiger partial charge on any atom is -0.483 e. The van der Waals surface area contributed by atoms with Crippen LogP contribution in [0.4, 0.5) is 0 Å². The lowest BCUT2D eigenvalue weighted by Gasteiger charge is -2.21. The van der Waals surface area contributed by atoms with Crippen LogP contribution in [0.2, 0.25) is 0 Å². The van der Waals surface area contributed by atoms with Crippen molar-refractivity contribution in [3.63, 3.8) is 0 Å². The summed E-state index contributed by atoms with van der Waals surface area (Å²) >= 11 is 1.79. The molecule has 0 bridgehead atoms. The van der Waals surface area contributed by atoms with E-state index in [1.54, 1.807) is 11.3 Å². The molecule has 0 aliphatic carbocycles. The van der Waals surface area contributed by atoms with E-state index in [1.807, 2.05) is 23.1 Å². The second-order valence-corrected chi connectivity index (χ2v) is 7.78. The molecule has 0 radical (unpaired) electrons. The van der Waals surface area contributed by atoms with Crippen LogP contribution in [-0.4, -0.2) is 30.5 Å². The first-order valence-electron chi connectivity index (χ1n) is 9.45. The molecule has 1 atom stereocenters. The van der Waals surface area contributed by atoms with Gasteiger partial charge in [0.1, 0.15) is 5.75 Å². The van der Waals surface area contributed by atoms with Crippen LogP contribution < -0.4 is 10.1 Å². The third-order valence-electron chi connectivity index (χ3n) is 4.99. The van der Waals surface area contributed by atoms with Gasteiger partial charge >= 0.3 is 0 Å². The minimum atomic E-state index is 0.0903. The van der Waals surface area contributed by atoms with E-state index in [0.29, 0.717) is 0 Å². The molecule has 1 aromatic carbocycles. The number of hydrogen-bond donors (Lipinski definition) is 1. The molecule has 4 nitrogen and oxygen atoms in total. The first kappa shape index (κ1) is 18.9. The molecular formula is C21H28N2O2S. The largest absolute Gasteiger partial charge is 0.483 e. The molecular weight excluding hydrogens is 344 g/mol. The van der Waals surface area contributed by atoms with E-state index in [4.69, 9.17) is 4.74 Å². The fraction of sp³-hybridized carbons (Fsp3) is 0.476. The number of carbonyl (C=O) groups is 1. The predicted molar refractivity (Wildman–Crippen MR) is 107 cm³/mol. The molecule has 140 valence electrons. The Bertz CT molecular complexity index is 722. The third kappa shape index (κ3) is 4.65. The Morgan fingerprint density at radius 3 is 2.73 bits per heavy atom. The summed E-state index contributed by atoms with van der Waals surface area (Å²) in [6, 6.07) is 10.4. The molecule has 1 aliphatic rings. The second kappa shape index (κ2) is 9.19. The van der Waals surface area contributed by atoms with E-state index < -0.39 is 0 Å². The number of hydrogen-bond acceptors (Lipinski definition) is 4. The summed E-state index contributed by atoms with van der Waals surface area (Å²) in [5, 5.41) is 5.78. The summed E-state index contributed by atoms with van der Waals surface area (Å²) in [5.41, 5.74) is 2.46. The maximum Gasteiger partial charge on any atom is 0.260 e. The molecule has 1 aromatic heterocycles. The number of thiophene rings is 1. The van der Waals surface area contributed by atoms with E-state index in [2.05, 4.69) is 36.7 Å². The zero-order chi connectivity index (χ0) is 18.4. The van der Waals surface area contributed by atoms with E-state index in [-0.39, 0.29) is 18.6 Å². The fourth-order valence-corrected chi connectivity index (χ4v) is 4.23. The summed E-state index contributed by atoms with van der Waals surface area (Å²) in [6.45, 7) is 7.02. The van der Waals surface area contributed by atoms with E-state index >= 15 is 0 Å². The maximum atomic E-state index is 12.3. The maximum absolute atomic E-state index is 12.3. The van der Waals surface area contributed by atoms with Gasteiger partial charge in [0.05, 0.1) is 0 Å². The van der Waals surface area contributed by atoms with Gasteiger partial charge in [-0.15, -0.1) is 11.3 Å². The highest BCUT2D eigenvalue weighted by Gasteiger charge is 2.20. The van der Waals surface area contributed by atoms with Gasteiger partial charge in [-0.3, -0.25) is 4.79 Å². The number of carbonyl (C=O) groups excluding carboxylic acids is 1. The number of nitrogens with one attached hydrogen (secondary N) is 1. The van der Waals surface area contributed by atoms with Gasteiger partial charge in [0.25, 0.3) is 5.91 Å². The third-order valence-corrected chi connectivity index (χ3v) is 6.01. The lowest BCUT2D eigenvalue weighted by molar-refractivity contribution is -0.132. The lowest BCUT2D eigenvalue weighted by Crippen LogP contribution is -2.32. The fourth-order valence-electron chi connectivity index (χ4n) is 3.37. The van der Waals surface area contributed by atoms with Crippen molar-refractivity contribution in [2.75, 3.05) is 19.7 Å². The molecule has 1 N–H and O–H groups in total. The Labute approximate surface area is 160 Å². The van der Waals surface area contributed by atoms with Gasteiger partial charge in [-0.05, 0) is 49.3 Å². The van der Waals surface area contributed by atoms with E-state index in [9.17, 15) is 4.79 Å². The highest BCUT2D eigenvalue weighted by molar-refractivity contribution is 7.10. The van der Waals surface area contributed by atoms with Crippen molar-refractivity contribution < 1.29 is 9.53 Å². The molecule has 1 fully saturated rings. The Balaban J connectivity index is 1.64. The number of benzene rings is 1. The highest BCUT2D eigenvalue weighted by atomic mass is 32.1. The van der Waals surface area contributed by atoms with Crippen LogP contribution in [-0.2, 0) is 11.3 Å². The number of amides is 1. The molecule has 5 heteroatoms.